The highest BCUT2D eigenvalue weighted by Crippen LogP contribution is 2.27. The number of methoxy groups -OCH3 is 1. The number of carbonyl (C=O) groups is 1. The Morgan fingerprint density at radius 2 is 1.85 bits per heavy atom. The van der Waals surface area contributed by atoms with E-state index in [1.807, 2.05) is 29.2 Å². The smallest absolute Gasteiger partial charge is 0.244 e. The number of benzene rings is 2. The molecule has 2 aromatic carbocycles. The van der Waals surface area contributed by atoms with Crippen molar-refractivity contribution in [2.24, 2.45) is 0 Å². The van der Waals surface area contributed by atoms with E-state index in [0.29, 0.717) is 17.4 Å². The maximum atomic E-state index is 12.6. The van der Waals surface area contributed by atoms with E-state index in [9.17, 15) is 13.2 Å². The Morgan fingerprint density at radius 3 is 2.48 bits per heavy atom. The number of ether oxygens (including phenoxy) is 1. The Bertz CT molecular complexity index is 929. The van der Waals surface area contributed by atoms with Crippen molar-refractivity contribution < 1.29 is 17.9 Å². The van der Waals surface area contributed by atoms with E-state index in [4.69, 9.17) is 4.74 Å². The lowest BCUT2D eigenvalue weighted by atomic mass is 10.1. The van der Waals surface area contributed by atoms with E-state index in [2.05, 4.69) is 20.7 Å². The van der Waals surface area contributed by atoms with Gasteiger partial charge in [0.15, 0.2) is 0 Å². The lowest BCUT2D eigenvalue weighted by Gasteiger charge is -2.15. The van der Waals surface area contributed by atoms with Crippen molar-refractivity contribution in [2.45, 2.75) is 30.8 Å². The van der Waals surface area contributed by atoms with Gasteiger partial charge in [-0.05, 0) is 35.7 Å². The van der Waals surface area contributed by atoms with Gasteiger partial charge in [-0.3, -0.25) is 4.79 Å². The molecule has 2 aromatic rings. The van der Waals surface area contributed by atoms with E-state index < -0.39 is 10.0 Å². The molecule has 6 nitrogen and oxygen atoms in total. The molecule has 1 heterocycles. The third-order valence-electron chi connectivity index (χ3n) is 4.45. The minimum atomic E-state index is -3.72. The Hall–Kier alpha value is -1.90. The average Bonchev–Trinajstić information content (AvgIpc) is 3.06. The zero-order valence-electron chi connectivity index (χ0n) is 14.9. The first kappa shape index (κ1) is 19.9. The predicted molar refractivity (Wildman–Crippen MR) is 106 cm³/mol. The van der Waals surface area contributed by atoms with Gasteiger partial charge in [0.25, 0.3) is 0 Å². The molecule has 0 aliphatic carbocycles. The van der Waals surface area contributed by atoms with Crippen LogP contribution < -0.4 is 9.46 Å². The summed E-state index contributed by atoms with van der Waals surface area (Å²) in [5.74, 6) is 0.478. The average molecular weight is 453 g/mol. The number of nitrogens with one attached hydrogen (secondary N) is 1. The summed E-state index contributed by atoms with van der Waals surface area (Å²) in [4.78, 5) is 13.6. The van der Waals surface area contributed by atoms with Crippen LogP contribution in [0.15, 0.2) is 51.8 Å². The largest absolute Gasteiger partial charge is 0.495 e. The molecule has 1 aliphatic heterocycles. The summed E-state index contributed by atoms with van der Waals surface area (Å²) >= 11 is 3.29. The number of carbonyl (C=O) groups excluding carboxylic acids is 1. The number of hydrogen-bond acceptors (Lipinski definition) is 4. The van der Waals surface area contributed by atoms with E-state index in [1.165, 1.54) is 13.2 Å². The van der Waals surface area contributed by atoms with Crippen LogP contribution in [0.1, 0.15) is 24.0 Å². The maximum absolute atomic E-state index is 12.6. The molecule has 0 atom stereocenters. The Morgan fingerprint density at radius 1 is 1.15 bits per heavy atom. The van der Waals surface area contributed by atoms with Crippen LogP contribution in [0, 0.1) is 0 Å². The number of nitrogens with zero attached hydrogens (tertiary/aromatic N) is 1. The molecule has 0 saturated carbocycles. The number of hydrogen-bond donors (Lipinski definition) is 1. The summed E-state index contributed by atoms with van der Waals surface area (Å²) in [5.41, 5.74) is 1.87. The van der Waals surface area contributed by atoms with Gasteiger partial charge in [0, 0.05) is 30.5 Å². The predicted octanol–water partition coefficient (Wildman–Crippen LogP) is 3.06. The highest BCUT2D eigenvalue weighted by atomic mass is 79.9. The second-order valence-corrected chi connectivity index (χ2v) is 9.01. The molecule has 0 unspecified atom stereocenters. The summed E-state index contributed by atoms with van der Waals surface area (Å²) in [7, 11) is -2.28. The van der Waals surface area contributed by atoms with Crippen molar-refractivity contribution in [1.82, 2.24) is 9.62 Å². The monoisotopic (exact) mass is 452 g/mol. The van der Waals surface area contributed by atoms with Crippen molar-refractivity contribution in [3.05, 3.63) is 58.1 Å². The number of halogens is 1. The summed E-state index contributed by atoms with van der Waals surface area (Å²) in [6.07, 6.45) is 1.54. The van der Waals surface area contributed by atoms with Gasteiger partial charge >= 0.3 is 0 Å². The van der Waals surface area contributed by atoms with Crippen molar-refractivity contribution in [2.75, 3.05) is 13.7 Å². The van der Waals surface area contributed by atoms with Crippen LogP contribution in [0.5, 0.6) is 5.75 Å². The molecular formula is C19H21BrN2O4S. The van der Waals surface area contributed by atoms with Crippen molar-refractivity contribution in [3.8, 4) is 5.75 Å². The number of amides is 1. The zero-order valence-corrected chi connectivity index (χ0v) is 17.3. The van der Waals surface area contributed by atoms with Crippen LogP contribution in [0.25, 0.3) is 0 Å². The molecule has 1 fully saturated rings. The summed E-state index contributed by atoms with van der Waals surface area (Å²) in [6.45, 7) is 1.57. The standard InChI is InChI=1S/C19H21BrN2O4S/c1-26-17-9-8-16(20)11-18(17)27(24,25)21-12-14-4-6-15(7-5-14)13-22-10-2-3-19(22)23/h4-9,11,21H,2-3,10,12-13H2,1H3. The maximum Gasteiger partial charge on any atom is 0.244 e. The molecule has 0 radical (unpaired) electrons. The van der Waals surface area contributed by atoms with Gasteiger partial charge < -0.3 is 9.64 Å². The number of likely N-dealkylation sites (tertiary alicyclic amines) is 1. The van der Waals surface area contributed by atoms with E-state index in [-0.39, 0.29) is 23.1 Å². The Labute approximate surface area is 167 Å². The molecule has 1 N–H and O–H groups in total. The number of rotatable bonds is 7. The summed E-state index contributed by atoms with van der Waals surface area (Å²) < 4.78 is 33.6. The molecule has 3 rings (SSSR count). The zero-order chi connectivity index (χ0) is 19.4. The quantitative estimate of drug-likeness (QED) is 0.700. The van der Waals surface area contributed by atoms with Crippen molar-refractivity contribution in [1.29, 1.82) is 0 Å². The molecule has 0 aromatic heterocycles. The van der Waals surface area contributed by atoms with Crippen LogP contribution >= 0.6 is 15.9 Å². The molecule has 1 aliphatic rings. The van der Waals surface area contributed by atoms with Crippen LogP contribution in [-0.2, 0) is 27.9 Å². The SMILES string of the molecule is COc1ccc(Br)cc1S(=O)(=O)NCc1ccc(CN2CCCC2=O)cc1. The normalized spacial score (nSPS) is 14.6. The number of sulfonamides is 1. The fraction of sp³-hybridized carbons (Fsp3) is 0.316. The first-order chi connectivity index (χ1) is 12.9. The molecular weight excluding hydrogens is 432 g/mol. The molecule has 8 heteroatoms. The topological polar surface area (TPSA) is 75.7 Å². The highest BCUT2D eigenvalue weighted by molar-refractivity contribution is 9.10. The Balaban J connectivity index is 1.66. The van der Waals surface area contributed by atoms with Gasteiger partial charge in [-0.2, -0.15) is 0 Å². The highest BCUT2D eigenvalue weighted by Gasteiger charge is 2.21. The second kappa shape index (κ2) is 8.41. The van der Waals surface area contributed by atoms with Gasteiger partial charge in [0.05, 0.1) is 7.11 Å². The third kappa shape index (κ3) is 4.88. The summed E-state index contributed by atoms with van der Waals surface area (Å²) in [6, 6.07) is 12.4. The molecule has 144 valence electrons. The van der Waals surface area contributed by atoms with E-state index in [0.717, 1.165) is 24.1 Å². The minimum Gasteiger partial charge on any atom is -0.495 e. The molecule has 0 spiro atoms. The van der Waals surface area contributed by atoms with Gasteiger partial charge in [0.2, 0.25) is 15.9 Å². The lowest BCUT2D eigenvalue weighted by molar-refractivity contribution is -0.128. The van der Waals surface area contributed by atoms with E-state index in [1.54, 1.807) is 12.1 Å². The van der Waals surface area contributed by atoms with Crippen LogP contribution in [0.2, 0.25) is 0 Å². The first-order valence-electron chi connectivity index (χ1n) is 8.58. The van der Waals surface area contributed by atoms with Gasteiger partial charge in [-0.25, -0.2) is 13.1 Å². The van der Waals surface area contributed by atoms with Crippen LogP contribution in [0.3, 0.4) is 0 Å². The van der Waals surface area contributed by atoms with Crippen LogP contribution in [0.4, 0.5) is 0 Å². The van der Waals surface area contributed by atoms with Gasteiger partial charge in [-0.15, -0.1) is 0 Å². The van der Waals surface area contributed by atoms with Gasteiger partial charge in [0.1, 0.15) is 10.6 Å². The molecule has 1 saturated heterocycles. The lowest BCUT2D eigenvalue weighted by Crippen LogP contribution is -2.24. The molecule has 1 amide bonds. The third-order valence-corrected chi connectivity index (χ3v) is 6.36. The second-order valence-electron chi connectivity index (χ2n) is 6.36. The minimum absolute atomic E-state index is 0.0866. The van der Waals surface area contributed by atoms with Crippen LogP contribution in [-0.4, -0.2) is 32.9 Å². The Kier molecular flexibility index (Phi) is 6.18. The van der Waals surface area contributed by atoms with E-state index >= 15 is 0 Å². The fourth-order valence-corrected chi connectivity index (χ4v) is 4.69. The fourth-order valence-electron chi connectivity index (χ4n) is 2.97. The van der Waals surface area contributed by atoms with Crippen molar-refractivity contribution in [3.63, 3.8) is 0 Å². The first-order valence-corrected chi connectivity index (χ1v) is 10.9. The van der Waals surface area contributed by atoms with Gasteiger partial charge in [-0.1, -0.05) is 40.2 Å². The molecule has 0 bridgehead atoms. The molecule has 27 heavy (non-hydrogen) atoms. The summed E-state index contributed by atoms with van der Waals surface area (Å²) in [5, 5.41) is 0. The van der Waals surface area contributed by atoms with Crippen molar-refractivity contribution >= 4 is 31.9 Å².